The number of carboxylic acid groups (broad SMARTS) is 2. The Kier molecular flexibility index (Phi) is 43.6. The van der Waals surface area contributed by atoms with Gasteiger partial charge >= 0.3 is 11.9 Å². The van der Waals surface area contributed by atoms with Crippen LogP contribution in [0, 0.1) is 0 Å². The van der Waals surface area contributed by atoms with Gasteiger partial charge < -0.3 is 140 Å². The molecule has 2 rings (SSSR count). The third-order valence-corrected chi connectivity index (χ3v) is 17.2. The van der Waals surface area contributed by atoms with Gasteiger partial charge in [0.05, 0.1) is 38.8 Å². The van der Waals surface area contributed by atoms with E-state index in [1.807, 2.05) is 5.32 Å². The van der Waals surface area contributed by atoms with Crippen molar-refractivity contribution in [2.24, 2.45) is 34.4 Å². The number of rotatable bonds is 52. The van der Waals surface area contributed by atoms with E-state index in [2.05, 4.69) is 86.3 Å². The minimum atomic E-state index is -1.88. The number of aliphatic hydroxyl groups is 2. The molecule has 2 heterocycles. The Morgan fingerprint density at radius 1 is 0.453 bits per heavy atom. The number of nitrogens with two attached hydrogens (primary N) is 6. The van der Waals surface area contributed by atoms with Gasteiger partial charge in [-0.05, 0) is 150 Å². The maximum Gasteiger partial charge on any atom is 0.328 e. The number of amides is 13. The van der Waals surface area contributed by atoms with Gasteiger partial charge in [0, 0.05) is 13.1 Å². The van der Waals surface area contributed by atoms with Crippen molar-refractivity contribution in [2.75, 3.05) is 59.0 Å². The molecule has 2 aliphatic rings. The molecule has 44 heteroatoms. The first kappa shape index (κ1) is 93.6. The van der Waals surface area contributed by atoms with E-state index in [0.717, 1.165) is 0 Å². The summed E-state index contributed by atoms with van der Waals surface area (Å²) in [6.07, 6.45) is -2.49. The molecule has 0 bridgehead atoms. The van der Waals surface area contributed by atoms with Crippen molar-refractivity contribution in [2.45, 2.75) is 240 Å². The van der Waals surface area contributed by atoms with Crippen molar-refractivity contribution in [1.82, 2.24) is 84.2 Å². The second-order valence-corrected chi connectivity index (χ2v) is 26.4. The van der Waals surface area contributed by atoms with Gasteiger partial charge in [0.2, 0.25) is 70.9 Å². The monoisotopic (exact) mass is 1520 g/mol. The molecular formula is C62H120N25O19+3. The van der Waals surface area contributed by atoms with E-state index >= 15 is 0 Å². The van der Waals surface area contributed by atoms with E-state index in [-0.39, 0.29) is 89.9 Å². The van der Waals surface area contributed by atoms with E-state index in [1.54, 1.807) is 6.92 Å². The molecule has 0 aromatic rings. The van der Waals surface area contributed by atoms with Gasteiger partial charge in [0.25, 0.3) is 5.91 Å². The molecule has 13 amide bonds. The fraction of sp³-hybridized carbons (Fsp3) is 0.758. The van der Waals surface area contributed by atoms with Crippen molar-refractivity contribution < 1.29 is 110 Å². The van der Waals surface area contributed by atoms with Crippen LogP contribution in [0.15, 0.2) is 0 Å². The molecule has 44 nitrogen and oxygen atoms in total. The number of nitrogens with one attached hydrogen (secondary N) is 14. The largest absolute Gasteiger partial charge is 0.481 e. The molecule has 0 aromatic heterocycles. The quantitative estimate of drug-likeness (QED) is 0.0199. The molecule has 2 fully saturated rings. The molecule has 0 spiro atoms. The first-order chi connectivity index (χ1) is 50.0. The van der Waals surface area contributed by atoms with Crippen LogP contribution in [-0.4, -0.2) is 281 Å². The van der Waals surface area contributed by atoms with Gasteiger partial charge in [-0.25, -0.2) is 4.79 Å². The molecule has 0 aromatic carbocycles. The summed E-state index contributed by atoms with van der Waals surface area (Å²) in [4.78, 5) is 206. The van der Waals surface area contributed by atoms with Crippen molar-refractivity contribution in [1.29, 1.82) is 0 Å². The van der Waals surface area contributed by atoms with E-state index < -0.39 is 206 Å². The molecular weight excluding hydrogens is 1400 g/mol. The predicted molar refractivity (Wildman–Crippen MR) is 376 cm³/mol. The van der Waals surface area contributed by atoms with Crippen LogP contribution in [0.3, 0.4) is 0 Å². The van der Waals surface area contributed by atoms with Crippen molar-refractivity contribution in [3.05, 3.63) is 0 Å². The summed E-state index contributed by atoms with van der Waals surface area (Å²) in [5, 5.41) is 74.1. The van der Waals surface area contributed by atoms with Crippen LogP contribution in [0.4, 0.5) is 0 Å². The maximum atomic E-state index is 14.7. The molecule has 0 aliphatic carbocycles. The Bertz CT molecular complexity index is 2900. The number of carbonyl (C=O) groups is 15. The number of aliphatic hydroxyl groups excluding tert-OH is 2. The topological polar surface area (TPSA) is 751 Å². The molecule has 2 saturated heterocycles. The molecule has 2 aliphatic heterocycles. The first-order valence-electron chi connectivity index (χ1n) is 35.8. The van der Waals surface area contributed by atoms with Crippen LogP contribution in [-0.2, 0) is 71.9 Å². The van der Waals surface area contributed by atoms with E-state index in [1.165, 1.54) is 30.6 Å². The smallest absolute Gasteiger partial charge is 0.328 e. The summed E-state index contributed by atoms with van der Waals surface area (Å²) < 4.78 is 0. The summed E-state index contributed by atoms with van der Waals surface area (Å²) in [6.45, 7) is 5.21. The fourth-order valence-corrected chi connectivity index (χ4v) is 11.4. The number of aliphatic carboxylic acids is 2. The number of hydrogen-bond donors (Lipinski definition) is 27. The number of unbranched alkanes of at least 4 members (excludes halogenated alkanes) is 2. The van der Waals surface area contributed by atoms with Crippen molar-refractivity contribution in [3.8, 4) is 0 Å². The predicted octanol–water partition coefficient (Wildman–Crippen LogP) is -14.9. The molecule has 0 radical (unpaired) electrons. The Morgan fingerprint density at radius 3 is 1.19 bits per heavy atom. The van der Waals surface area contributed by atoms with E-state index in [0.29, 0.717) is 64.6 Å². The number of carboxylic acids is 2. The molecule has 14 atom stereocenters. The standard InChI is InChI=1S/C62H117N25O19/c1-31(65)57(103)87-27-13-20-43(87)58(104)86-26-12-19-42(86)55(101)75-29-44(90)85-46(34(4)89)56(102)77-33(3)47(93)78-37(16-9-23-72-60(66)67)51(97)82-39(18-11-25-74-62(70)71)53(99)80-36(15-6-8-22-64)50(96)81-38(17-10-24-73-61(68)69)52(98)79-35(14-5-7-21-63)49(95)76-32(2)48(94)83-40(28-45(91)92)54(100)84-41(30-88)59(105)106/h31-43,46,60-62,72-74,88-89H,5-30,63-71H2,1-4H3,(H,75,101)(H,76,95)(H,77,102)(H,78,93)(H,79,98)(H,80,99)(H,81,96)(H,82,97)(H,83,94)(H,84,100)(H,85,90)(H,91,92)(H,105,106)/p+3/t31-,32-,33-,34+,35-,36-,37-,38-,39-,40-,41-,42-,43-,46-/m0/s1. The number of quaternary nitrogens is 3. The zero-order valence-corrected chi connectivity index (χ0v) is 61.1. The first-order valence-corrected chi connectivity index (χ1v) is 35.8. The zero-order chi connectivity index (χ0) is 79.9. The van der Waals surface area contributed by atoms with Crippen LogP contribution in [0.25, 0.3) is 0 Å². The number of carbonyl (C=O) groups excluding carboxylic acids is 13. The lowest BCUT2D eigenvalue weighted by atomic mass is 10.0. The van der Waals surface area contributed by atoms with Gasteiger partial charge in [-0.15, -0.1) is 0 Å². The average molecular weight is 1520 g/mol. The number of hydrogen-bond acceptors (Lipinski definition) is 26. The van der Waals surface area contributed by atoms with Gasteiger partial charge in [0.15, 0.2) is 6.04 Å². The molecule has 39 N–H and O–H groups in total. The Morgan fingerprint density at radius 2 is 0.811 bits per heavy atom. The normalized spacial score (nSPS) is 17.7. The third kappa shape index (κ3) is 34.4. The third-order valence-electron chi connectivity index (χ3n) is 17.2. The Hall–Kier alpha value is -8.51. The maximum absolute atomic E-state index is 14.7. The van der Waals surface area contributed by atoms with Crippen LogP contribution >= 0.6 is 0 Å². The van der Waals surface area contributed by atoms with Crippen molar-refractivity contribution >= 4 is 88.7 Å². The van der Waals surface area contributed by atoms with Gasteiger partial charge in [-0.2, -0.15) is 0 Å². The Balaban J connectivity index is 2.44. The highest BCUT2D eigenvalue weighted by atomic mass is 16.4. The van der Waals surface area contributed by atoms with E-state index in [9.17, 15) is 92.3 Å². The highest BCUT2D eigenvalue weighted by molar-refractivity contribution is 6.00. The van der Waals surface area contributed by atoms with Gasteiger partial charge in [0.1, 0.15) is 91.4 Å². The van der Waals surface area contributed by atoms with Crippen LogP contribution in [0.2, 0.25) is 0 Å². The molecule has 0 saturated carbocycles. The van der Waals surface area contributed by atoms with Gasteiger partial charge in [-0.3, -0.25) is 83.1 Å². The second kappa shape index (κ2) is 49.4. The van der Waals surface area contributed by atoms with E-state index in [4.69, 9.17) is 34.4 Å². The molecule has 604 valence electrons. The summed E-state index contributed by atoms with van der Waals surface area (Å²) >= 11 is 0. The summed E-state index contributed by atoms with van der Waals surface area (Å²) in [6, 6.07) is -18.0. The molecule has 0 unspecified atom stereocenters. The summed E-state index contributed by atoms with van der Waals surface area (Å²) in [5.74, 6) is -14.5. The second-order valence-electron chi connectivity index (χ2n) is 26.4. The van der Waals surface area contributed by atoms with Crippen molar-refractivity contribution in [3.63, 3.8) is 0 Å². The van der Waals surface area contributed by atoms with Crippen LogP contribution < -0.4 is 126 Å². The fourth-order valence-electron chi connectivity index (χ4n) is 11.4. The summed E-state index contributed by atoms with van der Waals surface area (Å²) in [7, 11) is 0. The minimum absolute atomic E-state index is 0.0515. The molecule has 106 heavy (non-hydrogen) atoms. The minimum Gasteiger partial charge on any atom is -0.481 e. The SMILES string of the molecule is C[C@H]([NH3+])C(=O)N1CCC[C@H]1C(=O)N1CCC[C@H]1C(=O)NCC(=O)N[C@H](C(=O)N[C@@H](C)C(=O)N[C@@H](CCCNC(N)N)C(=O)N[C@@H](CCCNC(N)N)C(=O)N[C@@H](CCCC[NH3+])C(=O)N[C@@H](CCCNC(N)N)C(=O)N[C@@H](CCCC[NH3+])C(=O)N[C@@H](C)C(=O)N[C@@H](CC(=O)O)C(=O)N[C@@H](CO)C(=O)O)[C@@H](C)O. The lowest BCUT2D eigenvalue weighted by molar-refractivity contribution is -0.400. The lowest BCUT2D eigenvalue weighted by Gasteiger charge is -2.31. The highest BCUT2D eigenvalue weighted by Gasteiger charge is 2.44. The van der Waals surface area contributed by atoms with Gasteiger partial charge in [-0.1, -0.05) is 0 Å². The highest BCUT2D eigenvalue weighted by Crippen LogP contribution is 2.25. The van der Waals surface area contributed by atoms with Crippen LogP contribution in [0.1, 0.15) is 137 Å². The summed E-state index contributed by atoms with van der Waals surface area (Å²) in [5.41, 5.74) is 45.7. The Labute approximate surface area is 614 Å². The number of likely N-dealkylation sites (tertiary alicyclic amines) is 2. The average Bonchev–Trinajstić information content (AvgIpc) is 1.65. The lowest BCUT2D eigenvalue weighted by Crippen LogP contribution is -2.67. The van der Waals surface area contributed by atoms with Crippen LogP contribution in [0.5, 0.6) is 0 Å². The zero-order valence-electron chi connectivity index (χ0n) is 61.1. The number of nitrogens with zero attached hydrogens (tertiary/aromatic N) is 2.